The minimum atomic E-state index is 0.460. The Kier molecular flexibility index (Phi) is 7.38. The highest BCUT2D eigenvalue weighted by Gasteiger charge is 2.27. The smallest absolute Gasteiger partial charge is 0.119 e. The first kappa shape index (κ1) is 18.3. The van der Waals surface area contributed by atoms with Crippen LogP contribution < -0.4 is 10.5 Å². The number of nitrogens with two attached hydrogens (primary N) is 1. The number of nitrogens with zero attached hydrogens (tertiary/aromatic N) is 1. The zero-order chi connectivity index (χ0) is 16.7. The van der Waals surface area contributed by atoms with E-state index >= 15 is 0 Å². The van der Waals surface area contributed by atoms with Gasteiger partial charge in [-0.3, -0.25) is 0 Å². The van der Waals surface area contributed by atoms with E-state index in [0.29, 0.717) is 11.8 Å². The van der Waals surface area contributed by atoms with E-state index in [4.69, 9.17) is 10.5 Å². The van der Waals surface area contributed by atoms with Gasteiger partial charge in [-0.2, -0.15) is 0 Å². The minimum Gasteiger partial charge on any atom is -0.494 e. The number of rotatable bonds is 8. The molecule has 3 nitrogen and oxygen atoms in total. The van der Waals surface area contributed by atoms with Gasteiger partial charge in [0.1, 0.15) is 5.75 Å². The largest absolute Gasteiger partial charge is 0.494 e. The van der Waals surface area contributed by atoms with Gasteiger partial charge in [0.2, 0.25) is 0 Å². The lowest BCUT2D eigenvalue weighted by Crippen LogP contribution is -2.38. The Hall–Kier alpha value is -1.06. The Bertz CT molecular complexity index is 453. The summed E-state index contributed by atoms with van der Waals surface area (Å²) in [7, 11) is 0. The standard InChI is InChI=1S/C20H34N2O/c1-4-12-23-19-7-5-6-18(13-19)20(14-21)17-8-10-22(11-9-17)15-16(2)3/h5-7,13,16-17,20H,4,8-12,14-15,21H2,1-3H3. The molecular formula is C20H34N2O. The number of likely N-dealkylation sites (tertiary alicyclic amines) is 1. The Morgan fingerprint density at radius 3 is 2.61 bits per heavy atom. The molecule has 0 amide bonds. The predicted octanol–water partition coefficient (Wildman–Crippen LogP) is 3.89. The van der Waals surface area contributed by atoms with Crippen LogP contribution in [0, 0.1) is 11.8 Å². The second-order valence-corrected chi connectivity index (χ2v) is 7.30. The lowest BCUT2D eigenvalue weighted by atomic mass is 9.80. The molecule has 1 aromatic carbocycles. The molecule has 1 heterocycles. The normalized spacial score (nSPS) is 18.3. The monoisotopic (exact) mass is 318 g/mol. The first-order chi connectivity index (χ1) is 11.1. The van der Waals surface area contributed by atoms with Crippen LogP contribution in [0.3, 0.4) is 0 Å². The summed E-state index contributed by atoms with van der Waals surface area (Å²) in [6, 6.07) is 8.58. The van der Waals surface area contributed by atoms with Gasteiger partial charge in [-0.25, -0.2) is 0 Å². The molecule has 0 spiro atoms. The summed E-state index contributed by atoms with van der Waals surface area (Å²) in [6.07, 6.45) is 3.56. The van der Waals surface area contributed by atoms with Crippen LogP contribution in [0.15, 0.2) is 24.3 Å². The zero-order valence-electron chi connectivity index (χ0n) is 15.1. The van der Waals surface area contributed by atoms with Crippen LogP contribution in [-0.4, -0.2) is 37.7 Å². The van der Waals surface area contributed by atoms with Crippen molar-refractivity contribution in [3.8, 4) is 5.75 Å². The fraction of sp³-hybridized carbons (Fsp3) is 0.700. The van der Waals surface area contributed by atoms with Crippen LogP contribution in [-0.2, 0) is 0 Å². The molecule has 1 saturated heterocycles. The summed E-state index contributed by atoms with van der Waals surface area (Å²) in [5.41, 5.74) is 7.50. The molecule has 23 heavy (non-hydrogen) atoms. The number of ether oxygens (including phenoxy) is 1. The predicted molar refractivity (Wildman–Crippen MR) is 98.0 cm³/mol. The first-order valence-corrected chi connectivity index (χ1v) is 9.29. The average Bonchev–Trinajstić information content (AvgIpc) is 2.55. The van der Waals surface area contributed by atoms with E-state index in [0.717, 1.165) is 31.2 Å². The van der Waals surface area contributed by atoms with Crippen LogP contribution in [0.5, 0.6) is 5.75 Å². The van der Waals surface area contributed by atoms with Crippen LogP contribution in [0.2, 0.25) is 0 Å². The van der Waals surface area contributed by atoms with Gasteiger partial charge in [0.15, 0.2) is 0 Å². The third kappa shape index (κ3) is 5.50. The second-order valence-electron chi connectivity index (χ2n) is 7.30. The SMILES string of the molecule is CCCOc1cccc(C(CN)C2CCN(CC(C)C)CC2)c1. The number of benzene rings is 1. The van der Waals surface area contributed by atoms with E-state index in [9.17, 15) is 0 Å². The van der Waals surface area contributed by atoms with Gasteiger partial charge in [-0.15, -0.1) is 0 Å². The molecule has 3 heteroatoms. The summed E-state index contributed by atoms with van der Waals surface area (Å²) in [6.45, 7) is 11.9. The maximum atomic E-state index is 6.15. The van der Waals surface area contributed by atoms with E-state index in [1.54, 1.807) is 0 Å². The molecule has 0 aliphatic carbocycles. The molecule has 1 aliphatic rings. The highest BCUT2D eigenvalue weighted by molar-refractivity contribution is 5.31. The minimum absolute atomic E-state index is 0.460. The molecule has 0 saturated carbocycles. The summed E-state index contributed by atoms with van der Waals surface area (Å²) in [5.74, 6) is 2.90. The Morgan fingerprint density at radius 2 is 2.00 bits per heavy atom. The zero-order valence-corrected chi connectivity index (χ0v) is 15.1. The third-order valence-corrected chi connectivity index (χ3v) is 4.84. The van der Waals surface area contributed by atoms with Gasteiger partial charge in [0.25, 0.3) is 0 Å². The van der Waals surface area contributed by atoms with Crippen LogP contribution in [0.25, 0.3) is 0 Å². The molecule has 2 N–H and O–H groups in total. The van der Waals surface area contributed by atoms with Crippen molar-refractivity contribution in [3.63, 3.8) is 0 Å². The Morgan fingerprint density at radius 1 is 1.26 bits per heavy atom. The molecule has 1 aromatic rings. The van der Waals surface area contributed by atoms with Crippen molar-refractivity contribution < 1.29 is 4.74 Å². The second kappa shape index (κ2) is 9.29. The van der Waals surface area contributed by atoms with Gasteiger partial charge in [0.05, 0.1) is 6.61 Å². The highest BCUT2D eigenvalue weighted by atomic mass is 16.5. The molecular weight excluding hydrogens is 284 g/mol. The summed E-state index contributed by atoms with van der Waals surface area (Å²) < 4.78 is 5.79. The van der Waals surface area contributed by atoms with Gasteiger partial charge in [0, 0.05) is 6.54 Å². The molecule has 1 unspecified atom stereocenters. The Balaban J connectivity index is 1.97. The van der Waals surface area contributed by atoms with Crippen molar-refractivity contribution in [1.29, 1.82) is 0 Å². The van der Waals surface area contributed by atoms with Gasteiger partial charge in [-0.1, -0.05) is 32.9 Å². The summed E-state index contributed by atoms with van der Waals surface area (Å²) in [5, 5.41) is 0. The molecule has 1 atom stereocenters. The molecule has 0 bridgehead atoms. The number of hydrogen-bond donors (Lipinski definition) is 1. The lowest BCUT2D eigenvalue weighted by molar-refractivity contribution is 0.155. The van der Waals surface area contributed by atoms with Gasteiger partial charge >= 0.3 is 0 Å². The third-order valence-electron chi connectivity index (χ3n) is 4.84. The van der Waals surface area contributed by atoms with Crippen LogP contribution >= 0.6 is 0 Å². The van der Waals surface area contributed by atoms with Crippen LogP contribution in [0.1, 0.15) is 51.5 Å². The molecule has 1 fully saturated rings. The Labute approximate surface area is 142 Å². The van der Waals surface area contributed by atoms with Crippen molar-refractivity contribution in [2.75, 3.05) is 32.8 Å². The average molecular weight is 319 g/mol. The van der Waals surface area contributed by atoms with E-state index < -0.39 is 0 Å². The maximum Gasteiger partial charge on any atom is 0.119 e. The molecule has 0 aromatic heterocycles. The van der Waals surface area contributed by atoms with E-state index in [-0.39, 0.29) is 0 Å². The van der Waals surface area contributed by atoms with Crippen LogP contribution in [0.4, 0.5) is 0 Å². The number of hydrogen-bond acceptors (Lipinski definition) is 3. The van der Waals surface area contributed by atoms with Gasteiger partial charge < -0.3 is 15.4 Å². The topological polar surface area (TPSA) is 38.5 Å². The fourth-order valence-corrected chi connectivity index (χ4v) is 3.71. The quantitative estimate of drug-likeness (QED) is 0.790. The van der Waals surface area contributed by atoms with Gasteiger partial charge in [-0.05, 0) is 74.3 Å². The van der Waals surface area contributed by atoms with Crippen molar-refractivity contribution in [2.45, 2.75) is 46.0 Å². The van der Waals surface area contributed by atoms with E-state index in [2.05, 4.69) is 49.9 Å². The molecule has 0 radical (unpaired) electrons. The van der Waals surface area contributed by atoms with Crippen molar-refractivity contribution in [1.82, 2.24) is 4.90 Å². The van der Waals surface area contributed by atoms with E-state index in [1.807, 2.05) is 0 Å². The summed E-state index contributed by atoms with van der Waals surface area (Å²) in [4.78, 5) is 2.61. The molecule has 130 valence electrons. The van der Waals surface area contributed by atoms with Crippen molar-refractivity contribution in [2.24, 2.45) is 17.6 Å². The first-order valence-electron chi connectivity index (χ1n) is 9.29. The van der Waals surface area contributed by atoms with E-state index in [1.165, 1.54) is 38.0 Å². The lowest BCUT2D eigenvalue weighted by Gasteiger charge is -2.36. The number of piperidine rings is 1. The fourth-order valence-electron chi connectivity index (χ4n) is 3.71. The summed E-state index contributed by atoms with van der Waals surface area (Å²) >= 11 is 0. The van der Waals surface area contributed by atoms with Crippen molar-refractivity contribution >= 4 is 0 Å². The maximum absolute atomic E-state index is 6.15. The molecule has 2 rings (SSSR count). The highest BCUT2D eigenvalue weighted by Crippen LogP contribution is 2.33. The van der Waals surface area contributed by atoms with Crippen molar-refractivity contribution in [3.05, 3.63) is 29.8 Å². The molecule has 1 aliphatic heterocycles.